The van der Waals surface area contributed by atoms with Gasteiger partial charge in [-0.05, 0) is 101 Å². The van der Waals surface area contributed by atoms with E-state index in [-0.39, 0.29) is 5.78 Å². The first-order chi connectivity index (χ1) is 25.5. The maximum absolute atomic E-state index is 14.0. The number of halogens is 2. The van der Waals surface area contributed by atoms with Gasteiger partial charge in [-0.3, -0.25) is 4.79 Å². The summed E-state index contributed by atoms with van der Waals surface area (Å²) >= 11 is 12.7. The summed E-state index contributed by atoms with van der Waals surface area (Å²) in [6.45, 7) is 0. The van der Waals surface area contributed by atoms with Crippen LogP contribution < -0.4 is 0 Å². The van der Waals surface area contributed by atoms with E-state index in [2.05, 4.69) is 52.5 Å². The summed E-state index contributed by atoms with van der Waals surface area (Å²) in [5.41, 5.74) is 14.1. The van der Waals surface area contributed by atoms with Crippen LogP contribution in [-0.2, 0) is 0 Å². The maximum Gasteiger partial charge on any atom is 0.186 e. The predicted octanol–water partition coefficient (Wildman–Crippen LogP) is 13.0. The fourth-order valence-corrected chi connectivity index (χ4v) is 7.41. The van der Waals surface area contributed by atoms with Crippen molar-refractivity contribution in [1.29, 1.82) is 0 Å². The van der Waals surface area contributed by atoms with E-state index >= 15 is 0 Å². The quantitative estimate of drug-likeness (QED) is 0.191. The minimum absolute atomic E-state index is 0.0675. The molecule has 0 saturated heterocycles. The third kappa shape index (κ3) is 5.78. The molecule has 0 amide bonds. The number of aromatic amines is 2. The molecule has 8 bridgehead atoms. The number of hydrogen-bond donors (Lipinski definition) is 2. The molecule has 1 aliphatic carbocycles. The van der Waals surface area contributed by atoms with Gasteiger partial charge in [0.1, 0.15) is 0 Å². The van der Waals surface area contributed by atoms with Crippen LogP contribution in [0.15, 0.2) is 146 Å². The lowest BCUT2D eigenvalue weighted by molar-refractivity contribution is 0.104. The molecular formula is C46H29Cl2N3O. The molecule has 4 aromatic carbocycles. The highest BCUT2D eigenvalue weighted by Gasteiger charge is 2.20. The van der Waals surface area contributed by atoms with Crippen LogP contribution in [0.5, 0.6) is 0 Å². The molecule has 9 rings (SSSR count). The number of fused-ring (bicyclic) bond motifs is 8. The van der Waals surface area contributed by atoms with Gasteiger partial charge in [0.2, 0.25) is 0 Å². The van der Waals surface area contributed by atoms with Gasteiger partial charge in [0.15, 0.2) is 5.78 Å². The molecule has 1 aliphatic heterocycles. The smallest absolute Gasteiger partial charge is 0.186 e. The molecule has 248 valence electrons. The van der Waals surface area contributed by atoms with Crippen LogP contribution in [0.25, 0.3) is 84.8 Å². The number of ketones is 1. The second kappa shape index (κ2) is 13.2. The Morgan fingerprint density at radius 1 is 0.423 bits per heavy atom. The van der Waals surface area contributed by atoms with Crippen molar-refractivity contribution in [2.24, 2.45) is 0 Å². The Morgan fingerprint density at radius 2 is 0.846 bits per heavy atom. The van der Waals surface area contributed by atoms with Crippen LogP contribution in [0.1, 0.15) is 27.3 Å². The third-order valence-corrected chi connectivity index (χ3v) is 10.0. The number of allylic oxidation sites excluding steroid dienone is 1. The van der Waals surface area contributed by atoms with Gasteiger partial charge in [0.05, 0.1) is 11.4 Å². The molecule has 4 nitrogen and oxygen atoms in total. The Morgan fingerprint density at radius 3 is 1.35 bits per heavy atom. The number of H-pyrrole nitrogens is 2. The zero-order chi connectivity index (χ0) is 35.2. The highest BCUT2D eigenvalue weighted by molar-refractivity contribution is 6.31. The average molecular weight is 711 g/mol. The Kier molecular flexibility index (Phi) is 8.04. The highest BCUT2D eigenvalue weighted by Crippen LogP contribution is 2.39. The molecule has 0 atom stereocenters. The number of benzene rings is 4. The van der Waals surface area contributed by atoms with Crippen LogP contribution in [0.3, 0.4) is 0 Å². The lowest BCUT2D eigenvalue weighted by Gasteiger charge is -2.13. The maximum atomic E-state index is 14.0. The van der Waals surface area contributed by atoms with Crippen LogP contribution in [-0.4, -0.2) is 20.7 Å². The summed E-state index contributed by atoms with van der Waals surface area (Å²) in [5, 5.41) is 1.31. The Hall–Kier alpha value is -6.20. The third-order valence-electron chi connectivity index (χ3n) is 9.53. The molecule has 0 fully saturated rings. The molecule has 2 N–H and O–H groups in total. The molecule has 0 unspecified atom stereocenters. The SMILES string of the molecule is O=C1C=Cc2cc1c(-c1ccccc1)c1ccc([nH]1)c(-c1ccc(Cl)cc1)c1nc(c(-c3ccc(Cl)cc3)c3ccc([nH]3)c2-c2ccccc2)C=C1. The number of nitrogens with zero attached hydrogens (tertiary/aromatic N) is 1. The summed E-state index contributed by atoms with van der Waals surface area (Å²) < 4.78 is 0. The molecule has 7 aromatic rings. The predicted molar refractivity (Wildman–Crippen MR) is 217 cm³/mol. The molecule has 52 heavy (non-hydrogen) atoms. The molecule has 2 aliphatic rings. The van der Waals surface area contributed by atoms with E-state index in [1.54, 1.807) is 6.08 Å². The minimum Gasteiger partial charge on any atom is -0.354 e. The first kappa shape index (κ1) is 31.8. The van der Waals surface area contributed by atoms with E-state index < -0.39 is 0 Å². The minimum atomic E-state index is -0.0675. The van der Waals surface area contributed by atoms with E-state index in [1.165, 1.54) is 0 Å². The van der Waals surface area contributed by atoms with Crippen molar-refractivity contribution in [3.8, 4) is 44.5 Å². The number of carbonyl (C=O) groups is 1. The topological polar surface area (TPSA) is 61.5 Å². The summed E-state index contributed by atoms with van der Waals surface area (Å²) in [6.07, 6.45) is 7.72. The van der Waals surface area contributed by atoms with Gasteiger partial charge in [0, 0.05) is 59.9 Å². The number of rotatable bonds is 4. The summed E-state index contributed by atoms with van der Waals surface area (Å²) in [6, 6.07) is 46.3. The molecule has 4 heterocycles. The second-order valence-corrected chi connectivity index (χ2v) is 13.6. The zero-order valence-electron chi connectivity index (χ0n) is 27.7. The summed E-state index contributed by atoms with van der Waals surface area (Å²) in [4.78, 5) is 26.8. The van der Waals surface area contributed by atoms with Gasteiger partial charge < -0.3 is 9.97 Å². The Bertz CT molecular complexity index is 2740. The average Bonchev–Trinajstić information content (AvgIpc) is 3.96. The van der Waals surface area contributed by atoms with Crippen LogP contribution in [0, 0.1) is 0 Å². The molecule has 0 saturated carbocycles. The van der Waals surface area contributed by atoms with Crippen LogP contribution in [0.4, 0.5) is 0 Å². The van der Waals surface area contributed by atoms with Crippen molar-refractivity contribution in [3.63, 3.8) is 0 Å². The summed E-state index contributed by atoms with van der Waals surface area (Å²) in [5.74, 6) is -0.0675. The fourth-order valence-electron chi connectivity index (χ4n) is 7.15. The standard InChI is InChI=1S/C46H29Cl2N3O/c47-33-16-11-30(12-17-33)45-38-22-20-36(49-38)43(28-7-3-1-4-8-28)32-15-26-42(52)35(27-32)44(29-9-5-2-6-10-29)37-21-23-39(50-37)46(41-25-24-40(45)51-41)31-13-18-34(48)19-14-31/h1-27,49-50H. The second-order valence-electron chi connectivity index (χ2n) is 12.7. The first-order valence-electron chi connectivity index (χ1n) is 17.0. The summed E-state index contributed by atoms with van der Waals surface area (Å²) in [7, 11) is 0. The van der Waals surface area contributed by atoms with Gasteiger partial charge in [-0.25, -0.2) is 4.98 Å². The van der Waals surface area contributed by atoms with E-state index in [0.29, 0.717) is 15.6 Å². The molecular weight excluding hydrogens is 681 g/mol. The van der Waals surface area contributed by atoms with Crippen molar-refractivity contribution in [2.75, 3.05) is 0 Å². The zero-order valence-corrected chi connectivity index (χ0v) is 29.2. The van der Waals surface area contributed by atoms with Gasteiger partial charge in [0.25, 0.3) is 0 Å². The van der Waals surface area contributed by atoms with Crippen LogP contribution in [0.2, 0.25) is 10.0 Å². The van der Waals surface area contributed by atoms with Gasteiger partial charge >= 0.3 is 0 Å². The number of hydrogen-bond acceptors (Lipinski definition) is 2. The highest BCUT2D eigenvalue weighted by atomic mass is 35.5. The molecule has 3 aromatic heterocycles. The van der Waals surface area contributed by atoms with Crippen molar-refractivity contribution in [1.82, 2.24) is 15.0 Å². The Balaban J connectivity index is 1.50. The lowest BCUT2D eigenvalue weighted by atomic mass is 9.91. The first-order valence-corrected chi connectivity index (χ1v) is 17.7. The van der Waals surface area contributed by atoms with Crippen LogP contribution >= 0.6 is 23.2 Å². The van der Waals surface area contributed by atoms with E-state index in [4.69, 9.17) is 28.2 Å². The van der Waals surface area contributed by atoms with E-state index in [1.807, 2.05) is 115 Å². The Labute approximate surface area is 310 Å². The number of aromatic nitrogens is 3. The molecule has 0 spiro atoms. The lowest BCUT2D eigenvalue weighted by Crippen LogP contribution is -2.02. The van der Waals surface area contributed by atoms with Crippen molar-refractivity contribution >= 4 is 69.3 Å². The van der Waals surface area contributed by atoms with Crippen molar-refractivity contribution < 1.29 is 4.79 Å². The monoisotopic (exact) mass is 709 g/mol. The largest absolute Gasteiger partial charge is 0.354 e. The van der Waals surface area contributed by atoms with E-state index in [9.17, 15) is 4.79 Å². The number of nitrogens with one attached hydrogen (secondary N) is 2. The van der Waals surface area contributed by atoms with Gasteiger partial charge in [-0.2, -0.15) is 0 Å². The van der Waals surface area contributed by atoms with Gasteiger partial charge in [-0.1, -0.05) is 114 Å². The van der Waals surface area contributed by atoms with Gasteiger partial charge in [-0.15, -0.1) is 0 Å². The van der Waals surface area contributed by atoms with E-state index in [0.717, 1.165) is 83.5 Å². The van der Waals surface area contributed by atoms with Crippen molar-refractivity contribution in [3.05, 3.63) is 178 Å². The number of carbonyl (C=O) groups excluding carboxylic acids is 1. The molecule has 6 heteroatoms. The molecule has 0 radical (unpaired) electrons. The fraction of sp³-hybridized carbons (Fsp3) is 0. The normalized spacial score (nSPS) is 12.3. The van der Waals surface area contributed by atoms with Crippen molar-refractivity contribution in [2.45, 2.75) is 0 Å².